The van der Waals surface area contributed by atoms with E-state index in [2.05, 4.69) is 25.1 Å². The maximum atomic E-state index is 5.69. The first-order valence-electron chi connectivity index (χ1n) is 9.95. The molecule has 0 saturated carbocycles. The van der Waals surface area contributed by atoms with E-state index >= 15 is 0 Å². The van der Waals surface area contributed by atoms with Gasteiger partial charge in [-0.2, -0.15) is 4.98 Å². The lowest BCUT2D eigenvalue weighted by molar-refractivity contribution is 0.242. The number of piperazine rings is 1. The highest BCUT2D eigenvalue weighted by Crippen LogP contribution is 2.21. The van der Waals surface area contributed by atoms with E-state index in [1.807, 2.05) is 68.6 Å². The van der Waals surface area contributed by atoms with Crippen molar-refractivity contribution in [1.82, 2.24) is 15.0 Å². The van der Waals surface area contributed by atoms with Gasteiger partial charge in [-0.05, 0) is 56.3 Å². The number of rotatable bonds is 6. The first-order valence-corrected chi connectivity index (χ1v) is 9.95. The van der Waals surface area contributed by atoms with E-state index in [4.69, 9.17) is 9.72 Å². The van der Waals surface area contributed by atoms with Crippen LogP contribution in [0.25, 0.3) is 0 Å². The molecule has 0 unspecified atom stereocenters. The van der Waals surface area contributed by atoms with Gasteiger partial charge < -0.3 is 19.9 Å². The summed E-state index contributed by atoms with van der Waals surface area (Å²) in [6.07, 6.45) is 3.80. The number of nitrogens with one attached hydrogen (secondary N) is 1. The lowest BCUT2D eigenvalue weighted by Gasteiger charge is -2.35. The van der Waals surface area contributed by atoms with Crippen molar-refractivity contribution < 1.29 is 4.74 Å². The summed E-state index contributed by atoms with van der Waals surface area (Å²) < 4.78 is 5.69. The van der Waals surface area contributed by atoms with Crippen molar-refractivity contribution in [3.63, 3.8) is 0 Å². The molecule has 0 atom stereocenters. The number of aromatic nitrogens is 3. The van der Waals surface area contributed by atoms with Crippen molar-refractivity contribution in [3.8, 4) is 5.75 Å². The van der Waals surface area contributed by atoms with Gasteiger partial charge >= 0.3 is 0 Å². The largest absolute Gasteiger partial charge is 0.491 e. The summed E-state index contributed by atoms with van der Waals surface area (Å²) >= 11 is 0. The van der Waals surface area contributed by atoms with E-state index in [1.54, 1.807) is 6.20 Å². The molecule has 1 saturated heterocycles. The lowest BCUT2D eigenvalue weighted by atomic mass is 10.3. The van der Waals surface area contributed by atoms with Crippen LogP contribution in [0, 0.1) is 0 Å². The third-order valence-corrected chi connectivity index (χ3v) is 4.68. The third kappa shape index (κ3) is 4.93. The molecule has 0 spiro atoms. The Balaban J connectivity index is 1.38. The SMILES string of the molecule is CC(C)Oc1ccc(Nc2ccnc(N3CCN(c4ccccn4)CC3)n2)cc1. The zero-order valence-electron chi connectivity index (χ0n) is 16.8. The Labute approximate surface area is 171 Å². The molecule has 0 bridgehead atoms. The number of hydrogen-bond acceptors (Lipinski definition) is 7. The van der Waals surface area contributed by atoms with E-state index < -0.39 is 0 Å². The number of hydrogen-bond donors (Lipinski definition) is 1. The standard InChI is InChI=1S/C22H26N6O/c1-17(2)29-19-8-6-18(7-9-19)25-20-10-12-24-22(26-20)28-15-13-27(14-16-28)21-5-3-4-11-23-21/h3-12,17H,13-16H2,1-2H3,(H,24,25,26). The van der Waals surface area contributed by atoms with Gasteiger partial charge in [0.25, 0.3) is 0 Å². The molecule has 4 rings (SSSR count). The first-order chi connectivity index (χ1) is 14.2. The van der Waals surface area contributed by atoms with E-state index in [9.17, 15) is 0 Å². The minimum absolute atomic E-state index is 0.163. The van der Waals surface area contributed by atoms with Gasteiger partial charge in [0.2, 0.25) is 5.95 Å². The first kappa shape index (κ1) is 19.0. The molecule has 7 nitrogen and oxygen atoms in total. The van der Waals surface area contributed by atoms with Gasteiger partial charge in [-0.3, -0.25) is 0 Å². The fraction of sp³-hybridized carbons (Fsp3) is 0.318. The van der Waals surface area contributed by atoms with Gasteiger partial charge in [0.05, 0.1) is 6.10 Å². The van der Waals surface area contributed by atoms with Gasteiger partial charge in [-0.25, -0.2) is 9.97 Å². The zero-order valence-corrected chi connectivity index (χ0v) is 16.8. The quantitative estimate of drug-likeness (QED) is 0.688. The molecular weight excluding hydrogens is 364 g/mol. The van der Waals surface area contributed by atoms with Crippen LogP contribution in [0.2, 0.25) is 0 Å². The van der Waals surface area contributed by atoms with E-state index in [-0.39, 0.29) is 6.10 Å². The molecule has 0 amide bonds. The summed E-state index contributed by atoms with van der Waals surface area (Å²) in [6.45, 7) is 7.56. The third-order valence-electron chi connectivity index (χ3n) is 4.68. The number of nitrogens with zero attached hydrogens (tertiary/aromatic N) is 5. The van der Waals surface area contributed by atoms with Crippen molar-refractivity contribution in [2.24, 2.45) is 0 Å². The number of ether oxygens (including phenoxy) is 1. The molecule has 0 radical (unpaired) electrons. The van der Waals surface area contributed by atoms with Crippen molar-refractivity contribution in [2.75, 3.05) is 41.3 Å². The van der Waals surface area contributed by atoms with Crippen molar-refractivity contribution >= 4 is 23.3 Å². The van der Waals surface area contributed by atoms with E-state index in [0.717, 1.165) is 55.2 Å². The summed E-state index contributed by atoms with van der Waals surface area (Å²) in [5.74, 6) is 3.41. The molecule has 29 heavy (non-hydrogen) atoms. The van der Waals surface area contributed by atoms with Gasteiger partial charge in [0, 0.05) is 44.3 Å². The molecule has 1 aliphatic heterocycles. The Kier molecular flexibility index (Phi) is 5.74. The summed E-state index contributed by atoms with van der Waals surface area (Å²) in [4.78, 5) is 18.1. The summed E-state index contributed by atoms with van der Waals surface area (Å²) in [5.41, 5.74) is 0.964. The Morgan fingerprint density at radius 1 is 0.862 bits per heavy atom. The van der Waals surface area contributed by atoms with Gasteiger partial charge in [-0.1, -0.05) is 6.07 Å². The average molecular weight is 390 g/mol. The van der Waals surface area contributed by atoms with Crippen LogP contribution >= 0.6 is 0 Å². The Morgan fingerprint density at radius 3 is 2.31 bits per heavy atom. The highest BCUT2D eigenvalue weighted by molar-refractivity contribution is 5.58. The van der Waals surface area contributed by atoms with Crippen molar-refractivity contribution in [2.45, 2.75) is 20.0 Å². The molecule has 150 valence electrons. The fourth-order valence-electron chi connectivity index (χ4n) is 3.28. The zero-order chi connectivity index (χ0) is 20.1. The van der Waals surface area contributed by atoms with Crippen molar-refractivity contribution in [3.05, 3.63) is 60.9 Å². The molecule has 3 heterocycles. The Morgan fingerprint density at radius 2 is 1.62 bits per heavy atom. The molecular formula is C22H26N6O. The molecule has 1 aliphatic rings. The number of benzene rings is 1. The second kappa shape index (κ2) is 8.77. The van der Waals surface area contributed by atoms with Gasteiger partial charge in [-0.15, -0.1) is 0 Å². The molecule has 0 aliphatic carbocycles. The Hall–Kier alpha value is -3.35. The monoisotopic (exact) mass is 390 g/mol. The topological polar surface area (TPSA) is 66.4 Å². The van der Waals surface area contributed by atoms with Gasteiger partial charge in [0.15, 0.2) is 0 Å². The minimum atomic E-state index is 0.163. The molecule has 1 aromatic carbocycles. The summed E-state index contributed by atoms with van der Waals surface area (Å²) in [6, 6.07) is 15.8. The predicted molar refractivity (Wildman–Crippen MR) is 116 cm³/mol. The number of pyridine rings is 1. The van der Waals surface area contributed by atoms with E-state index in [0.29, 0.717) is 0 Å². The normalized spacial score (nSPS) is 14.2. The molecule has 2 aromatic heterocycles. The summed E-state index contributed by atoms with van der Waals surface area (Å²) in [5, 5.41) is 3.34. The molecule has 1 fully saturated rings. The summed E-state index contributed by atoms with van der Waals surface area (Å²) in [7, 11) is 0. The average Bonchev–Trinajstić information content (AvgIpc) is 2.76. The van der Waals surface area contributed by atoms with Crippen LogP contribution in [0.15, 0.2) is 60.9 Å². The maximum absolute atomic E-state index is 5.69. The van der Waals surface area contributed by atoms with Crippen molar-refractivity contribution in [1.29, 1.82) is 0 Å². The van der Waals surface area contributed by atoms with Crippen LogP contribution < -0.4 is 19.9 Å². The predicted octanol–water partition coefficient (Wildman–Crippen LogP) is 3.73. The van der Waals surface area contributed by atoms with E-state index in [1.165, 1.54) is 0 Å². The molecule has 3 aromatic rings. The minimum Gasteiger partial charge on any atom is -0.491 e. The Bertz CT molecular complexity index is 908. The number of anilines is 4. The second-order valence-electron chi connectivity index (χ2n) is 7.22. The smallest absolute Gasteiger partial charge is 0.227 e. The van der Waals surface area contributed by atoms with Crippen LogP contribution in [0.3, 0.4) is 0 Å². The second-order valence-corrected chi connectivity index (χ2v) is 7.22. The molecule has 1 N–H and O–H groups in total. The van der Waals surface area contributed by atoms with Crippen LogP contribution in [0.1, 0.15) is 13.8 Å². The maximum Gasteiger partial charge on any atom is 0.227 e. The van der Waals surface area contributed by atoms with Crippen LogP contribution in [-0.2, 0) is 0 Å². The fourth-order valence-corrected chi connectivity index (χ4v) is 3.28. The van der Waals surface area contributed by atoms with Crippen LogP contribution in [0.5, 0.6) is 5.75 Å². The van der Waals surface area contributed by atoms with Crippen LogP contribution in [-0.4, -0.2) is 47.2 Å². The highest BCUT2D eigenvalue weighted by Gasteiger charge is 2.20. The van der Waals surface area contributed by atoms with Crippen LogP contribution in [0.4, 0.5) is 23.3 Å². The highest BCUT2D eigenvalue weighted by atomic mass is 16.5. The molecule has 7 heteroatoms. The lowest BCUT2D eigenvalue weighted by Crippen LogP contribution is -2.47. The van der Waals surface area contributed by atoms with Gasteiger partial charge in [0.1, 0.15) is 17.4 Å².